The van der Waals surface area contributed by atoms with Crippen molar-refractivity contribution in [2.75, 3.05) is 6.61 Å². The third kappa shape index (κ3) is 3.25. The van der Waals surface area contributed by atoms with Crippen LogP contribution in [0.15, 0.2) is 24.3 Å². The number of hydrogen-bond acceptors (Lipinski definition) is 3. The van der Waals surface area contributed by atoms with Gasteiger partial charge in [0.15, 0.2) is 6.61 Å². The summed E-state index contributed by atoms with van der Waals surface area (Å²) >= 11 is 0. The molecule has 1 amide bonds. The molecule has 4 nitrogen and oxygen atoms in total. The normalized spacial score (nSPS) is 16.0. The zero-order chi connectivity index (χ0) is 13.7. The Bertz CT molecular complexity index is 478. The molecular weight excluding hydrogens is 240 g/mol. The minimum Gasteiger partial charge on any atom is -0.484 e. The maximum absolute atomic E-state index is 11.8. The Balaban J connectivity index is 1.81. The van der Waals surface area contributed by atoms with Crippen LogP contribution in [0.3, 0.4) is 0 Å². The van der Waals surface area contributed by atoms with Crippen LogP contribution in [-0.2, 0) is 4.79 Å². The Morgan fingerprint density at radius 1 is 1.42 bits per heavy atom. The van der Waals surface area contributed by atoms with Crippen molar-refractivity contribution >= 4 is 5.91 Å². The van der Waals surface area contributed by atoms with Crippen LogP contribution in [0.2, 0.25) is 0 Å². The van der Waals surface area contributed by atoms with Crippen LogP contribution in [0.5, 0.6) is 5.75 Å². The first-order valence-electron chi connectivity index (χ1n) is 6.61. The monoisotopic (exact) mass is 258 g/mol. The number of nitrogens with one attached hydrogen (secondary N) is 1. The minimum atomic E-state index is -0.0779. The van der Waals surface area contributed by atoms with Crippen molar-refractivity contribution in [3.05, 3.63) is 29.8 Å². The Hall–Kier alpha value is -2.02. The molecule has 1 fully saturated rings. The number of amides is 1. The van der Waals surface area contributed by atoms with Crippen LogP contribution in [0.25, 0.3) is 0 Å². The van der Waals surface area contributed by atoms with Crippen LogP contribution >= 0.6 is 0 Å². The average molecular weight is 258 g/mol. The Kier molecular flexibility index (Phi) is 4.06. The molecule has 0 radical (unpaired) electrons. The number of ether oxygens (including phenoxy) is 1. The second kappa shape index (κ2) is 5.75. The lowest BCUT2D eigenvalue weighted by atomic mass is 9.75. The highest BCUT2D eigenvalue weighted by atomic mass is 16.5. The van der Waals surface area contributed by atoms with E-state index >= 15 is 0 Å². The molecule has 1 aliphatic rings. The quantitative estimate of drug-likeness (QED) is 0.882. The zero-order valence-corrected chi connectivity index (χ0v) is 11.1. The maximum Gasteiger partial charge on any atom is 0.258 e. The summed E-state index contributed by atoms with van der Waals surface area (Å²) in [6.07, 6.45) is 4.28. The highest BCUT2D eigenvalue weighted by molar-refractivity contribution is 5.78. The fourth-order valence-corrected chi connectivity index (χ4v) is 2.28. The van der Waals surface area contributed by atoms with Crippen LogP contribution < -0.4 is 10.1 Å². The average Bonchev–Trinajstić information content (AvgIpc) is 2.41. The SMILES string of the molecule is CCC1(NC(=O)COc2ccc(C#N)cc2)CCC1. The summed E-state index contributed by atoms with van der Waals surface area (Å²) in [6.45, 7) is 2.12. The third-order valence-corrected chi connectivity index (χ3v) is 3.75. The molecule has 0 unspecified atom stereocenters. The van der Waals surface area contributed by atoms with Crippen LogP contribution in [0.4, 0.5) is 0 Å². The van der Waals surface area contributed by atoms with Gasteiger partial charge < -0.3 is 10.1 Å². The van der Waals surface area contributed by atoms with Gasteiger partial charge in [0.25, 0.3) is 5.91 Å². The Morgan fingerprint density at radius 3 is 2.58 bits per heavy atom. The summed E-state index contributed by atoms with van der Waals surface area (Å²) in [4.78, 5) is 11.8. The zero-order valence-electron chi connectivity index (χ0n) is 11.1. The van der Waals surface area contributed by atoms with E-state index in [0.717, 1.165) is 19.3 Å². The first-order valence-corrected chi connectivity index (χ1v) is 6.61. The van der Waals surface area contributed by atoms with Crippen LogP contribution in [0.1, 0.15) is 38.2 Å². The van der Waals surface area contributed by atoms with Gasteiger partial charge in [0.05, 0.1) is 11.6 Å². The van der Waals surface area contributed by atoms with E-state index in [4.69, 9.17) is 10.00 Å². The van der Waals surface area contributed by atoms with Gasteiger partial charge >= 0.3 is 0 Å². The van der Waals surface area contributed by atoms with Gasteiger partial charge in [-0.15, -0.1) is 0 Å². The second-order valence-corrected chi connectivity index (χ2v) is 4.96. The number of nitriles is 1. The van der Waals surface area contributed by atoms with Gasteiger partial charge in [0.1, 0.15) is 5.75 Å². The molecule has 100 valence electrons. The first-order chi connectivity index (χ1) is 9.17. The summed E-state index contributed by atoms with van der Waals surface area (Å²) in [7, 11) is 0. The maximum atomic E-state index is 11.8. The van der Waals surface area contributed by atoms with Gasteiger partial charge in [-0.25, -0.2) is 0 Å². The van der Waals surface area contributed by atoms with Crippen molar-refractivity contribution in [3.63, 3.8) is 0 Å². The molecule has 0 spiro atoms. The number of rotatable bonds is 5. The lowest BCUT2D eigenvalue weighted by Crippen LogP contribution is -2.54. The number of benzene rings is 1. The van der Waals surface area contributed by atoms with E-state index in [2.05, 4.69) is 12.2 Å². The first kappa shape index (κ1) is 13.4. The minimum absolute atomic E-state index is 0.00507. The summed E-state index contributed by atoms with van der Waals surface area (Å²) in [5.41, 5.74) is 0.585. The Labute approximate surface area is 113 Å². The highest BCUT2D eigenvalue weighted by Crippen LogP contribution is 2.34. The lowest BCUT2D eigenvalue weighted by molar-refractivity contribution is -0.126. The summed E-state index contributed by atoms with van der Waals surface area (Å²) < 4.78 is 5.40. The molecular formula is C15H18N2O2. The van der Waals surface area contributed by atoms with Crippen molar-refractivity contribution in [2.45, 2.75) is 38.1 Å². The summed E-state index contributed by atoms with van der Waals surface area (Å²) in [5.74, 6) is 0.527. The summed E-state index contributed by atoms with van der Waals surface area (Å²) in [6, 6.07) is 8.78. The van der Waals surface area contributed by atoms with Crippen LogP contribution in [-0.4, -0.2) is 18.1 Å². The van der Waals surface area contributed by atoms with Crippen molar-refractivity contribution in [2.24, 2.45) is 0 Å². The van der Waals surface area contributed by atoms with Crippen molar-refractivity contribution in [1.29, 1.82) is 5.26 Å². The molecule has 1 saturated carbocycles. The fraction of sp³-hybridized carbons (Fsp3) is 0.467. The van der Waals surface area contributed by atoms with Crippen LogP contribution in [0, 0.1) is 11.3 Å². The molecule has 1 aromatic rings. The molecule has 0 aliphatic heterocycles. The molecule has 0 saturated heterocycles. The van der Waals surface area contributed by atoms with Crippen molar-refractivity contribution in [3.8, 4) is 11.8 Å². The van der Waals surface area contributed by atoms with Gasteiger partial charge in [-0.3, -0.25) is 4.79 Å². The Morgan fingerprint density at radius 2 is 2.11 bits per heavy atom. The second-order valence-electron chi connectivity index (χ2n) is 4.96. The molecule has 4 heteroatoms. The van der Waals surface area contributed by atoms with E-state index in [0.29, 0.717) is 11.3 Å². The van der Waals surface area contributed by atoms with Crippen molar-refractivity contribution < 1.29 is 9.53 Å². The van der Waals surface area contributed by atoms with Gasteiger partial charge in [-0.1, -0.05) is 6.92 Å². The molecule has 0 aromatic heterocycles. The number of carbonyl (C=O) groups is 1. The summed E-state index contributed by atoms with van der Waals surface area (Å²) in [5, 5.41) is 11.7. The predicted molar refractivity (Wildman–Crippen MR) is 71.7 cm³/mol. The largest absolute Gasteiger partial charge is 0.484 e. The number of hydrogen-bond donors (Lipinski definition) is 1. The molecule has 1 aromatic carbocycles. The third-order valence-electron chi connectivity index (χ3n) is 3.75. The van der Waals surface area contributed by atoms with E-state index in [-0.39, 0.29) is 18.1 Å². The predicted octanol–water partition coefficient (Wildman–Crippen LogP) is 2.39. The van der Waals surface area contributed by atoms with E-state index in [1.807, 2.05) is 6.07 Å². The van der Waals surface area contributed by atoms with Gasteiger partial charge in [0.2, 0.25) is 0 Å². The fourth-order valence-electron chi connectivity index (χ4n) is 2.28. The molecule has 0 heterocycles. The highest BCUT2D eigenvalue weighted by Gasteiger charge is 2.36. The van der Waals surface area contributed by atoms with E-state index in [1.54, 1.807) is 24.3 Å². The van der Waals surface area contributed by atoms with E-state index in [1.165, 1.54) is 6.42 Å². The molecule has 0 atom stereocenters. The number of carbonyl (C=O) groups excluding carboxylic acids is 1. The molecule has 1 aliphatic carbocycles. The molecule has 2 rings (SSSR count). The van der Waals surface area contributed by atoms with E-state index in [9.17, 15) is 4.79 Å². The standard InChI is InChI=1S/C15H18N2O2/c1-2-15(8-3-9-15)17-14(18)11-19-13-6-4-12(10-16)5-7-13/h4-7H,2-3,8-9,11H2,1H3,(H,17,18). The molecule has 0 bridgehead atoms. The molecule has 19 heavy (non-hydrogen) atoms. The van der Waals surface area contributed by atoms with Gasteiger partial charge in [0, 0.05) is 5.54 Å². The van der Waals surface area contributed by atoms with E-state index < -0.39 is 0 Å². The number of nitrogens with zero attached hydrogens (tertiary/aromatic N) is 1. The molecule has 1 N–H and O–H groups in total. The lowest BCUT2D eigenvalue weighted by Gasteiger charge is -2.41. The van der Waals surface area contributed by atoms with Gasteiger partial charge in [-0.2, -0.15) is 5.26 Å². The van der Waals surface area contributed by atoms with Crippen molar-refractivity contribution in [1.82, 2.24) is 5.32 Å². The smallest absolute Gasteiger partial charge is 0.258 e. The topological polar surface area (TPSA) is 62.1 Å². The van der Waals surface area contributed by atoms with Gasteiger partial charge in [-0.05, 0) is 49.9 Å².